The lowest BCUT2D eigenvalue weighted by molar-refractivity contribution is -0.128. The molecular formula is C22H28N8OS. The van der Waals surface area contributed by atoms with E-state index in [4.69, 9.17) is 5.84 Å². The highest BCUT2D eigenvalue weighted by atomic mass is 32.2. The van der Waals surface area contributed by atoms with Crippen molar-refractivity contribution >= 4 is 23.5 Å². The Labute approximate surface area is 192 Å². The standard InChI is InChI=1S/C22H28N8OS/c1-22(2,3)17-6-4-16(5-7-17)20-26-27-21(30(20)23)32-15-19(31)29-12-10-28(11-13-29)18-14-24-8-9-25-18/h4-9,14H,10-13,15,23H2,1-3H3. The second-order valence-electron chi connectivity index (χ2n) is 8.72. The Hall–Kier alpha value is -3.14. The van der Waals surface area contributed by atoms with Gasteiger partial charge in [0.15, 0.2) is 5.82 Å². The molecule has 0 bridgehead atoms. The summed E-state index contributed by atoms with van der Waals surface area (Å²) in [5.74, 6) is 7.99. The van der Waals surface area contributed by atoms with Gasteiger partial charge in [0.25, 0.3) is 0 Å². The van der Waals surface area contributed by atoms with Gasteiger partial charge in [-0.3, -0.25) is 9.78 Å². The number of nitrogens with zero attached hydrogens (tertiary/aromatic N) is 7. The van der Waals surface area contributed by atoms with E-state index in [0.717, 1.165) is 24.5 Å². The lowest BCUT2D eigenvalue weighted by Gasteiger charge is -2.35. The van der Waals surface area contributed by atoms with E-state index >= 15 is 0 Å². The SMILES string of the molecule is CC(C)(C)c1ccc(-c2nnc(SCC(=O)N3CCN(c4cnccn4)CC3)n2N)cc1. The van der Waals surface area contributed by atoms with E-state index in [1.807, 2.05) is 17.0 Å². The highest BCUT2D eigenvalue weighted by molar-refractivity contribution is 7.99. The van der Waals surface area contributed by atoms with Crippen molar-refractivity contribution in [1.82, 2.24) is 29.7 Å². The summed E-state index contributed by atoms with van der Waals surface area (Å²) in [4.78, 5) is 25.1. The molecule has 0 radical (unpaired) electrons. The van der Waals surface area contributed by atoms with Crippen LogP contribution in [0.3, 0.4) is 0 Å². The Morgan fingerprint density at radius 2 is 1.78 bits per heavy atom. The third-order valence-electron chi connectivity index (χ3n) is 5.50. The molecule has 1 amide bonds. The number of nitrogens with two attached hydrogens (primary N) is 1. The van der Waals surface area contributed by atoms with Crippen molar-refractivity contribution in [1.29, 1.82) is 0 Å². The lowest BCUT2D eigenvalue weighted by atomic mass is 9.87. The molecule has 2 aromatic heterocycles. The van der Waals surface area contributed by atoms with Crippen LogP contribution in [0.25, 0.3) is 11.4 Å². The summed E-state index contributed by atoms with van der Waals surface area (Å²) < 4.78 is 1.45. The van der Waals surface area contributed by atoms with Crippen molar-refractivity contribution in [2.75, 3.05) is 42.7 Å². The fraction of sp³-hybridized carbons (Fsp3) is 0.409. The van der Waals surface area contributed by atoms with Crippen molar-refractivity contribution in [2.45, 2.75) is 31.3 Å². The van der Waals surface area contributed by atoms with E-state index in [0.29, 0.717) is 24.1 Å². The van der Waals surface area contributed by atoms with Gasteiger partial charge in [-0.25, -0.2) is 9.66 Å². The molecule has 1 aromatic carbocycles. The highest BCUT2D eigenvalue weighted by Crippen LogP contribution is 2.26. The van der Waals surface area contributed by atoms with Crippen LogP contribution in [-0.4, -0.2) is 67.6 Å². The van der Waals surface area contributed by atoms with Gasteiger partial charge in [-0.15, -0.1) is 10.2 Å². The second kappa shape index (κ2) is 9.15. The van der Waals surface area contributed by atoms with Crippen LogP contribution in [0.5, 0.6) is 0 Å². The molecule has 2 N–H and O–H groups in total. The molecule has 0 saturated carbocycles. The van der Waals surface area contributed by atoms with Crippen LogP contribution in [0, 0.1) is 0 Å². The van der Waals surface area contributed by atoms with Crippen molar-refractivity contribution in [2.24, 2.45) is 0 Å². The number of anilines is 1. The first-order chi connectivity index (χ1) is 15.3. The molecule has 0 unspecified atom stereocenters. The number of nitrogen functional groups attached to an aromatic ring is 1. The van der Waals surface area contributed by atoms with Gasteiger partial charge in [0, 0.05) is 44.1 Å². The topological polar surface area (TPSA) is 106 Å². The van der Waals surface area contributed by atoms with Crippen molar-refractivity contribution in [3.8, 4) is 11.4 Å². The molecule has 0 spiro atoms. The molecule has 0 atom stereocenters. The Morgan fingerprint density at radius 3 is 2.41 bits per heavy atom. The third-order valence-corrected chi connectivity index (χ3v) is 6.43. The molecule has 1 aliphatic heterocycles. The van der Waals surface area contributed by atoms with Crippen LogP contribution in [0.2, 0.25) is 0 Å². The van der Waals surface area contributed by atoms with Gasteiger partial charge >= 0.3 is 0 Å². The fourth-order valence-corrected chi connectivity index (χ4v) is 4.31. The molecule has 3 aromatic rings. The normalized spacial score (nSPS) is 14.6. The van der Waals surface area contributed by atoms with Gasteiger partial charge in [-0.1, -0.05) is 56.8 Å². The summed E-state index contributed by atoms with van der Waals surface area (Å²) >= 11 is 1.31. The monoisotopic (exact) mass is 452 g/mol. The van der Waals surface area contributed by atoms with Crippen molar-refractivity contribution in [3.05, 3.63) is 48.4 Å². The van der Waals surface area contributed by atoms with E-state index in [2.05, 4.69) is 58.0 Å². The van der Waals surface area contributed by atoms with Gasteiger partial charge in [-0.05, 0) is 11.0 Å². The molecule has 9 nitrogen and oxygen atoms in total. The zero-order valence-electron chi connectivity index (χ0n) is 18.6. The molecule has 10 heteroatoms. The van der Waals surface area contributed by atoms with E-state index in [1.54, 1.807) is 18.6 Å². The number of rotatable bonds is 5. The average Bonchev–Trinajstić information content (AvgIpc) is 3.18. The van der Waals surface area contributed by atoms with Crippen LogP contribution >= 0.6 is 11.8 Å². The molecule has 1 aliphatic rings. The van der Waals surface area contributed by atoms with E-state index < -0.39 is 0 Å². The smallest absolute Gasteiger partial charge is 0.233 e. The summed E-state index contributed by atoms with van der Waals surface area (Å²) in [6.07, 6.45) is 5.08. The van der Waals surface area contributed by atoms with Gasteiger partial charge in [-0.2, -0.15) is 0 Å². The molecule has 1 saturated heterocycles. The zero-order valence-corrected chi connectivity index (χ0v) is 19.4. The van der Waals surface area contributed by atoms with Gasteiger partial charge in [0.1, 0.15) is 5.82 Å². The maximum Gasteiger partial charge on any atom is 0.233 e. The van der Waals surface area contributed by atoms with E-state index in [-0.39, 0.29) is 17.1 Å². The predicted molar refractivity (Wildman–Crippen MR) is 126 cm³/mol. The van der Waals surface area contributed by atoms with E-state index in [1.165, 1.54) is 22.0 Å². The maximum absolute atomic E-state index is 12.7. The molecule has 3 heterocycles. The van der Waals surface area contributed by atoms with E-state index in [9.17, 15) is 4.79 Å². The number of aromatic nitrogens is 5. The van der Waals surface area contributed by atoms with Crippen LogP contribution < -0.4 is 10.7 Å². The Morgan fingerprint density at radius 1 is 1.06 bits per heavy atom. The first-order valence-electron chi connectivity index (χ1n) is 10.6. The number of amides is 1. The number of thioether (sulfide) groups is 1. The third kappa shape index (κ3) is 4.85. The summed E-state index contributed by atoms with van der Waals surface area (Å²) in [7, 11) is 0. The Balaban J connectivity index is 1.33. The molecular weight excluding hydrogens is 424 g/mol. The van der Waals surface area contributed by atoms with Gasteiger partial charge in [0.05, 0.1) is 11.9 Å². The summed E-state index contributed by atoms with van der Waals surface area (Å²) in [5, 5.41) is 8.94. The van der Waals surface area contributed by atoms with Crippen LogP contribution in [-0.2, 0) is 10.2 Å². The molecule has 1 fully saturated rings. The average molecular weight is 453 g/mol. The fourth-order valence-electron chi connectivity index (χ4n) is 3.55. The van der Waals surface area contributed by atoms with Gasteiger partial charge < -0.3 is 15.6 Å². The lowest BCUT2D eigenvalue weighted by Crippen LogP contribution is -2.49. The number of benzene rings is 1. The number of carbonyl (C=O) groups is 1. The van der Waals surface area contributed by atoms with Gasteiger partial charge in [0.2, 0.25) is 11.1 Å². The minimum absolute atomic E-state index is 0.0628. The first kappa shape index (κ1) is 22.1. The molecule has 4 rings (SSSR count). The number of hydrogen-bond acceptors (Lipinski definition) is 8. The summed E-state index contributed by atoms with van der Waals surface area (Å²) in [5.41, 5.74) is 2.21. The first-order valence-corrected chi connectivity index (χ1v) is 11.5. The van der Waals surface area contributed by atoms with Crippen LogP contribution in [0.15, 0.2) is 48.0 Å². The number of hydrogen-bond donors (Lipinski definition) is 1. The van der Waals surface area contributed by atoms with Crippen molar-refractivity contribution < 1.29 is 4.79 Å². The largest absolute Gasteiger partial charge is 0.352 e. The van der Waals surface area contributed by atoms with Crippen LogP contribution in [0.1, 0.15) is 26.3 Å². The minimum Gasteiger partial charge on any atom is -0.352 e. The quantitative estimate of drug-likeness (QED) is 0.464. The number of piperazine rings is 1. The predicted octanol–water partition coefficient (Wildman–Crippen LogP) is 2.19. The van der Waals surface area contributed by atoms with Crippen LogP contribution in [0.4, 0.5) is 5.82 Å². The maximum atomic E-state index is 12.7. The molecule has 0 aliphatic carbocycles. The highest BCUT2D eigenvalue weighted by Gasteiger charge is 2.23. The molecule has 168 valence electrons. The zero-order chi connectivity index (χ0) is 22.7. The number of carbonyl (C=O) groups excluding carboxylic acids is 1. The Bertz CT molecular complexity index is 1050. The summed E-state index contributed by atoms with van der Waals surface area (Å²) in [6, 6.07) is 8.18. The minimum atomic E-state index is 0.0628. The second-order valence-corrected chi connectivity index (χ2v) is 9.67. The van der Waals surface area contributed by atoms with Crippen molar-refractivity contribution in [3.63, 3.8) is 0 Å². The molecule has 32 heavy (non-hydrogen) atoms. The Kier molecular flexibility index (Phi) is 6.31. The summed E-state index contributed by atoms with van der Waals surface area (Å²) in [6.45, 7) is 9.29.